The van der Waals surface area contributed by atoms with Crippen LogP contribution in [0.1, 0.15) is 12.3 Å². The van der Waals surface area contributed by atoms with Crippen LogP contribution in [0.15, 0.2) is 77.3 Å². The first kappa shape index (κ1) is 17.3. The predicted molar refractivity (Wildman–Crippen MR) is 108 cm³/mol. The zero-order chi connectivity index (χ0) is 18.6. The number of nitrogens with one attached hydrogen (secondary N) is 1. The third-order valence-electron chi connectivity index (χ3n) is 4.28. The fraction of sp³-hybridized carbons (Fsp3) is 0.0909. The summed E-state index contributed by atoms with van der Waals surface area (Å²) in [5.74, 6) is 1.13. The van der Waals surface area contributed by atoms with Gasteiger partial charge in [0.05, 0.1) is 6.20 Å². The molecule has 4 nitrogen and oxygen atoms in total. The van der Waals surface area contributed by atoms with Crippen LogP contribution in [0, 0.1) is 0 Å². The van der Waals surface area contributed by atoms with Crippen molar-refractivity contribution in [2.24, 2.45) is 0 Å². The van der Waals surface area contributed by atoms with Crippen LogP contribution in [0.3, 0.4) is 0 Å². The highest BCUT2D eigenvalue weighted by molar-refractivity contribution is 6.30. The number of amides is 1. The first-order valence-corrected chi connectivity index (χ1v) is 9.04. The van der Waals surface area contributed by atoms with Crippen molar-refractivity contribution in [1.82, 2.24) is 4.98 Å². The number of oxazole rings is 1. The Hall–Kier alpha value is -3.11. The van der Waals surface area contributed by atoms with E-state index in [9.17, 15) is 4.79 Å². The lowest BCUT2D eigenvalue weighted by molar-refractivity contribution is -0.116. The Morgan fingerprint density at radius 2 is 1.78 bits per heavy atom. The van der Waals surface area contributed by atoms with Crippen LogP contribution < -0.4 is 5.32 Å². The molecule has 0 unspecified atom stereocenters. The molecule has 134 valence electrons. The first-order chi connectivity index (χ1) is 13.2. The minimum absolute atomic E-state index is 0.0727. The third-order valence-corrected chi connectivity index (χ3v) is 4.53. The van der Waals surface area contributed by atoms with Gasteiger partial charge in [0.1, 0.15) is 0 Å². The molecule has 4 rings (SSSR count). The standard InChI is InChI=1S/C22H17ClN2O2/c23-18-8-5-16(6-9-18)20-14-24-22(27-20)12-11-21(26)25-19-10-7-15-3-1-2-4-17(15)13-19/h1-10,13-14H,11-12H2,(H,25,26). The van der Waals surface area contributed by atoms with Crippen molar-refractivity contribution in [3.63, 3.8) is 0 Å². The Kier molecular flexibility index (Phi) is 4.90. The number of hydrogen-bond acceptors (Lipinski definition) is 3. The summed E-state index contributed by atoms with van der Waals surface area (Å²) in [6.07, 6.45) is 2.40. The molecule has 0 aliphatic heterocycles. The van der Waals surface area contributed by atoms with Crippen molar-refractivity contribution in [3.05, 3.63) is 83.8 Å². The summed E-state index contributed by atoms with van der Waals surface area (Å²) in [6.45, 7) is 0. The summed E-state index contributed by atoms with van der Waals surface area (Å²) in [7, 11) is 0. The number of aryl methyl sites for hydroxylation is 1. The fourth-order valence-electron chi connectivity index (χ4n) is 2.88. The molecule has 0 fully saturated rings. The number of aromatic nitrogens is 1. The summed E-state index contributed by atoms with van der Waals surface area (Å²) in [5, 5.41) is 5.83. The van der Waals surface area contributed by atoms with Crippen LogP contribution in [0.25, 0.3) is 22.1 Å². The van der Waals surface area contributed by atoms with Crippen LogP contribution in [0.4, 0.5) is 5.69 Å². The maximum atomic E-state index is 12.2. The summed E-state index contributed by atoms with van der Waals surface area (Å²) in [4.78, 5) is 16.5. The van der Waals surface area contributed by atoms with E-state index in [1.165, 1.54) is 0 Å². The van der Waals surface area contributed by atoms with Crippen LogP contribution in [0.2, 0.25) is 5.02 Å². The number of fused-ring (bicyclic) bond motifs is 1. The van der Waals surface area contributed by atoms with Gasteiger partial charge >= 0.3 is 0 Å². The van der Waals surface area contributed by atoms with Crippen LogP contribution in [-0.2, 0) is 11.2 Å². The first-order valence-electron chi connectivity index (χ1n) is 8.67. The highest BCUT2D eigenvalue weighted by Crippen LogP contribution is 2.23. The van der Waals surface area contributed by atoms with Gasteiger partial charge in [-0.3, -0.25) is 4.79 Å². The Balaban J connectivity index is 1.37. The van der Waals surface area contributed by atoms with Crippen molar-refractivity contribution in [1.29, 1.82) is 0 Å². The highest BCUT2D eigenvalue weighted by Gasteiger charge is 2.09. The summed E-state index contributed by atoms with van der Waals surface area (Å²) in [6, 6.07) is 21.3. The largest absolute Gasteiger partial charge is 0.441 e. The lowest BCUT2D eigenvalue weighted by Crippen LogP contribution is -2.12. The highest BCUT2D eigenvalue weighted by atomic mass is 35.5. The lowest BCUT2D eigenvalue weighted by Gasteiger charge is -2.06. The van der Waals surface area contributed by atoms with Gasteiger partial charge in [-0.25, -0.2) is 4.98 Å². The number of anilines is 1. The molecule has 0 aliphatic carbocycles. The second-order valence-electron chi connectivity index (χ2n) is 6.24. The molecule has 1 N–H and O–H groups in total. The van der Waals surface area contributed by atoms with Gasteiger partial charge in [0.15, 0.2) is 11.7 Å². The topological polar surface area (TPSA) is 55.1 Å². The van der Waals surface area contributed by atoms with E-state index in [4.69, 9.17) is 16.0 Å². The molecule has 1 aromatic heterocycles. The predicted octanol–water partition coefficient (Wildman–Crippen LogP) is 5.72. The quantitative estimate of drug-likeness (QED) is 0.484. The SMILES string of the molecule is O=C(CCc1ncc(-c2ccc(Cl)cc2)o1)Nc1ccc2ccccc2c1. The molecule has 0 spiro atoms. The summed E-state index contributed by atoms with van der Waals surface area (Å²) < 4.78 is 5.73. The molecule has 0 atom stereocenters. The average Bonchev–Trinajstić information content (AvgIpc) is 3.16. The molecule has 0 saturated heterocycles. The Labute approximate surface area is 161 Å². The Bertz CT molecular complexity index is 1090. The molecule has 0 aliphatic rings. The maximum Gasteiger partial charge on any atom is 0.224 e. The number of rotatable bonds is 5. The monoisotopic (exact) mass is 376 g/mol. The van der Waals surface area contributed by atoms with E-state index in [2.05, 4.69) is 10.3 Å². The van der Waals surface area contributed by atoms with Gasteiger partial charge in [-0.15, -0.1) is 0 Å². The van der Waals surface area contributed by atoms with Crippen molar-refractivity contribution in [3.8, 4) is 11.3 Å². The number of benzene rings is 3. The molecule has 5 heteroatoms. The normalized spacial score (nSPS) is 10.9. The summed E-state index contributed by atoms with van der Waals surface area (Å²) in [5.41, 5.74) is 1.69. The van der Waals surface area contributed by atoms with Crippen LogP contribution in [-0.4, -0.2) is 10.9 Å². The maximum absolute atomic E-state index is 12.2. The smallest absolute Gasteiger partial charge is 0.224 e. The van der Waals surface area contributed by atoms with Gasteiger partial charge in [-0.2, -0.15) is 0 Å². The minimum Gasteiger partial charge on any atom is -0.441 e. The van der Waals surface area contributed by atoms with E-state index < -0.39 is 0 Å². The van der Waals surface area contributed by atoms with Crippen molar-refractivity contribution < 1.29 is 9.21 Å². The summed E-state index contributed by atoms with van der Waals surface area (Å²) >= 11 is 5.90. The second kappa shape index (κ2) is 7.64. The zero-order valence-corrected chi connectivity index (χ0v) is 15.2. The third kappa shape index (κ3) is 4.18. The molecule has 3 aromatic carbocycles. The molecule has 4 aromatic rings. The van der Waals surface area contributed by atoms with Crippen LogP contribution >= 0.6 is 11.6 Å². The molecular weight excluding hydrogens is 360 g/mol. The lowest BCUT2D eigenvalue weighted by atomic mass is 10.1. The van der Waals surface area contributed by atoms with Crippen LogP contribution in [0.5, 0.6) is 0 Å². The van der Waals surface area contributed by atoms with E-state index in [1.807, 2.05) is 54.6 Å². The molecule has 0 radical (unpaired) electrons. The Morgan fingerprint density at radius 3 is 2.59 bits per heavy atom. The number of nitrogens with zero attached hydrogens (tertiary/aromatic N) is 1. The zero-order valence-electron chi connectivity index (χ0n) is 14.5. The van der Waals surface area contributed by atoms with Crippen molar-refractivity contribution >= 4 is 34.0 Å². The van der Waals surface area contributed by atoms with Crippen molar-refractivity contribution in [2.75, 3.05) is 5.32 Å². The van der Waals surface area contributed by atoms with E-state index in [0.717, 1.165) is 22.0 Å². The van der Waals surface area contributed by atoms with Gasteiger partial charge in [-0.1, -0.05) is 41.9 Å². The number of carbonyl (C=O) groups is 1. The second-order valence-corrected chi connectivity index (χ2v) is 6.67. The van der Waals surface area contributed by atoms with Gasteiger partial charge in [0.2, 0.25) is 5.91 Å². The fourth-order valence-corrected chi connectivity index (χ4v) is 3.01. The minimum atomic E-state index is -0.0727. The molecule has 27 heavy (non-hydrogen) atoms. The Morgan fingerprint density at radius 1 is 1.00 bits per heavy atom. The van der Waals surface area contributed by atoms with E-state index in [0.29, 0.717) is 29.5 Å². The van der Waals surface area contributed by atoms with E-state index in [-0.39, 0.29) is 5.91 Å². The molecule has 1 amide bonds. The average molecular weight is 377 g/mol. The number of halogens is 1. The molecule has 0 bridgehead atoms. The molecule has 0 saturated carbocycles. The van der Waals surface area contributed by atoms with E-state index >= 15 is 0 Å². The van der Waals surface area contributed by atoms with Crippen molar-refractivity contribution in [2.45, 2.75) is 12.8 Å². The van der Waals surface area contributed by atoms with E-state index in [1.54, 1.807) is 18.3 Å². The van der Waals surface area contributed by atoms with Gasteiger partial charge in [-0.05, 0) is 47.2 Å². The van der Waals surface area contributed by atoms with Gasteiger partial charge in [0, 0.05) is 29.1 Å². The van der Waals surface area contributed by atoms with Gasteiger partial charge in [0.25, 0.3) is 0 Å². The number of hydrogen-bond donors (Lipinski definition) is 1. The molecular formula is C22H17ClN2O2. The molecule has 1 heterocycles. The van der Waals surface area contributed by atoms with Gasteiger partial charge < -0.3 is 9.73 Å². The number of carbonyl (C=O) groups excluding carboxylic acids is 1.